The number of aryl methyl sites for hydroxylation is 3. The molecule has 1 aliphatic carbocycles. The minimum absolute atomic E-state index is 0.126. The lowest BCUT2D eigenvalue weighted by Crippen LogP contribution is -2.50. The van der Waals surface area contributed by atoms with E-state index in [1.54, 1.807) is 23.4 Å². The maximum atomic E-state index is 13.8. The molecule has 3 fully saturated rings. The van der Waals surface area contributed by atoms with E-state index >= 15 is 0 Å². The van der Waals surface area contributed by atoms with Crippen LogP contribution in [0.2, 0.25) is 5.02 Å². The average Bonchev–Trinajstić information content (AvgIpc) is 3.60. The molecule has 248 valence electrons. The van der Waals surface area contributed by atoms with Crippen molar-refractivity contribution in [2.45, 2.75) is 120 Å². The molecule has 8 heteroatoms. The molecule has 0 aromatic heterocycles. The Morgan fingerprint density at radius 2 is 1.62 bits per heavy atom. The van der Waals surface area contributed by atoms with Gasteiger partial charge in [0.05, 0.1) is 4.90 Å². The van der Waals surface area contributed by atoms with Crippen LogP contribution in [0.4, 0.5) is 0 Å². The molecule has 1 amide bonds. The summed E-state index contributed by atoms with van der Waals surface area (Å²) in [5.74, 6) is 0.791. The van der Waals surface area contributed by atoms with E-state index in [1.165, 1.54) is 63.6 Å². The van der Waals surface area contributed by atoms with Crippen LogP contribution in [0.25, 0.3) is 0 Å². The number of likely N-dealkylation sites (tertiary alicyclic amines) is 1. The number of rotatable bonds is 12. The third-order valence-electron chi connectivity index (χ3n) is 11.1. The van der Waals surface area contributed by atoms with Crippen LogP contribution in [-0.2, 0) is 21.2 Å². The number of hydrogen-bond donors (Lipinski definition) is 0. The molecule has 2 saturated heterocycles. The van der Waals surface area contributed by atoms with Gasteiger partial charge in [0, 0.05) is 43.2 Å². The van der Waals surface area contributed by atoms with Crippen molar-refractivity contribution in [3.05, 3.63) is 64.2 Å². The van der Waals surface area contributed by atoms with Crippen LogP contribution in [0.1, 0.15) is 100 Å². The quantitative estimate of drug-likeness (QED) is 0.234. The Balaban J connectivity index is 1.11. The SMILES string of the molecule is Cc1cc(S(=O)(=O)N2CCCCC2CCC(=O)N(C)CCC2CCC(CCc3ccccc3)(N3CCCC3)CC2)c(C)cc1Cl. The fraction of sp³-hybridized carbons (Fsp3) is 0.649. The highest BCUT2D eigenvalue weighted by Gasteiger charge is 2.41. The largest absolute Gasteiger partial charge is 0.346 e. The lowest BCUT2D eigenvalue weighted by Gasteiger charge is -2.47. The van der Waals surface area contributed by atoms with Gasteiger partial charge in [0.25, 0.3) is 0 Å². The van der Waals surface area contributed by atoms with Crippen LogP contribution in [-0.4, -0.2) is 73.2 Å². The number of piperidine rings is 1. The van der Waals surface area contributed by atoms with Crippen LogP contribution in [0, 0.1) is 19.8 Å². The molecule has 0 N–H and O–H groups in total. The van der Waals surface area contributed by atoms with Gasteiger partial charge in [0.2, 0.25) is 15.9 Å². The van der Waals surface area contributed by atoms with Gasteiger partial charge in [-0.25, -0.2) is 8.42 Å². The van der Waals surface area contributed by atoms with Crippen molar-refractivity contribution in [1.29, 1.82) is 0 Å². The predicted molar refractivity (Wildman–Crippen MR) is 184 cm³/mol. The molecule has 3 aliphatic rings. The number of hydrogen-bond acceptors (Lipinski definition) is 4. The summed E-state index contributed by atoms with van der Waals surface area (Å²) in [5.41, 5.74) is 3.21. The smallest absolute Gasteiger partial charge is 0.243 e. The summed E-state index contributed by atoms with van der Waals surface area (Å²) in [7, 11) is -1.74. The van der Waals surface area contributed by atoms with E-state index in [2.05, 4.69) is 35.2 Å². The van der Waals surface area contributed by atoms with Crippen LogP contribution < -0.4 is 0 Å². The fourth-order valence-electron chi connectivity index (χ4n) is 8.16. The Morgan fingerprint density at radius 1 is 0.933 bits per heavy atom. The normalized spacial score (nSPS) is 25.0. The second kappa shape index (κ2) is 15.3. The summed E-state index contributed by atoms with van der Waals surface area (Å²) < 4.78 is 29.2. The molecule has 1 atom stereocenters. The van der Waals surface area contributed by atoms with E-state index in [0.29, 0.717) is 46.3 Å². The van der Waals surface area contributed by atoms with Gasteiger partial charge < -0.3 is 4.90 Å². The molecule has 0 bridgehead atoms. The molecule has 2 aromatic rings. The molecule has 5 rings (SSSR count). The fourth-order valence-corrected chi connectivity index (χ4v) is 10.4. The second-order valence-corrected chi connectivity index (χ2v) is 16.4. The van der Waals surface area contributed by atoms with Gasteiger partial charge in [-0.15, -0.1) is 0 Å². The van der Waals surface area contributed by atoms with Gasteiger partial charge in [-0.1, -0.05) is 48.4 Å². The first kappa shape index (κ1) is 34.4. The Hall–Kier alpha value is -1.93. The minimum atomic E-state index is -3.66. The van der Waals surface area contributed by atoms with E-state index in [1.807, 2.05) is 18.9 Å². The van der Waals surface area contributed by atoms with Crippen molar-refractivity contribution >= 4 is 27.5 Å². The zero-order valence-electron chi connectivity index (χ0n) is 27.8. The van der Waals surface area contributed by atoms with Crippen LogP contribution in [0.15, 0.2) is 47.4 Å². The number of sulfonamides is 1. The van der Waals surface area contributed by atoms with Crippen molar-refractivity contribution < 1.29 is 13.2 Å². The van der Waals surface area contributed by atoms with Crippen LogP contribution in [0.5, 0.6) is 0 Å². The Morgan fingerprint density at radius 3 is 2.33 bits per heavy atom. The zero-order chi connectivity index (χ0) is 32.0. The summed E-state index contributed by atoms with van der Waals surface area (Å²) in [6.45, 7) is 7.42. The van der Waals surface area contributed by atoms with E-state index in [0.717, 1.165) is 44.2 Å². The number of carbonyl (C=O) groups excluding carboxylic acids is 1. The summed E-state index contributed by atoms with van der Waals surface area (Å²) >= 11 is 6.26. The maximum absolute atomic E-state index is 13.8. The summed E-state index contributed by atoms with van der Waals surface area (Å²) in [4.78, 5) is 18.3. The Kier molecular flexibility index (Phi) is 11.7. The first-order chi connectivity index (χ1) is 21.6. The highest BCUT2D eigenvalue weighted by atomic mass is 35.5. The second-order valence-electron chi connectivity index (χ2n) is 14.1. The molecule has 1 unspecified atom stereocenters. The average molecular weight is 656 g/mol. The van der Waals surface area contributed by atoms with Gasteiger partial charge in [-0.3, -0.25) is 9.69 Å². The third kappa shape index (κ3) is 8.33. The molecule has 1 saturated carbocycles. The van der Waals surface area contributed by atoms with E-state index in [9.17, 15) is 13.2 Å². The van der Waals surface area contributed by atoms with E-state index in [4.69, 9.17) is 11.6 Å². The van der Waals surface area contributed by atoms with Gasteiger partial charge in [-0.05, 0) is 139 Å². The molecule has 6 nitrogen and oxygen atoms in total. The van der Waals surface area contributed by atoms with Gasteiger partial charge in [0.15, 0.2) is 0 Å². The molecule has 2 heterocycles. The molecule has 2 aliphatic heterocycles. The van der Waals surface area contributed by atoms with Gasteiger partial charge in [-0.2, -0.15) is 4.31 Å². The number of carbonyl (C=O) groups is 1. The minimum Gasteiger partial charge on any atom is -0.346 e. The lowest BCUT2D eigenvalue weighted by atomic mass is 9.72. The third-order valence-corrected chi connectivity index (χ3v) is 13.6. The number of nitrogens with zero attached hydrogens (tertiary/aromatic N) is 3. The molecule has 2 aromatic carbocycles. The zero-order valence-corrected chi connectivity index (χ0v) is 29.3. The Bertz CT molecular complexity index is 1390. The van der Waals surface area contributed by atoms with Crippen LogP contribution in [0.3, 0.4) is 0 Å². The first-order valence-corrected chi connectivity index (χ1v) is 19.2. The first-order valence-electron chi connectivity index (χ1n) is 17.4. The summed E-state index contributed by atoms with van der Waals surface area (Å²) in [6.07, 6.45) is 14.7. The maximum Gasteiger partial charge on any atom is 0.243 e. The van der Waals surface area contributed by atoms with E-state index < -0.39 is 10.0 Å². The lowest BCUT2D eigenvalue weighted by molar-refractivity contribution is -0.130. The molecule has 45 heavy (non-hydrogen) atoms. The topological polar surface area (TPSA) is 60.9 Å². The van der Waals surface area contributed by atoms with Crippen molar-refractivity contribution in [3.8, 4) is 0 Å². The predicted octanol–water partition coefficient (Wildman–Crippen LogP) is 7.79. The van der Waals surface area contributed by atoms with Crippen molar-refractivity contribution in [2.24, 2.45) is 5.92 Å². The highest BCUT2D eigenvalue weighted by Crippen LogP contribution is 2.42. The molecule has 0 radical (unpaired) electrons. The monoisotopic (exact) mass is 655 g/mol. The van der Waals surface area contributed by atoms with Crippen molar-refractivity contribution in [1.82, 2.24) is 14.1 Å². The number of benzene rings is 2. The van der Waals surface area contributed by atoms with E-state index in [-0.39, 0.29) is 11.9 Å². The standard InChI is InChI=1S/C37H54ClN3O3S/c1-29-28-35(30(2)27-34(29)38)45(43,44)41-25-8-7-13-33(41)14-15-36(42)39(3)26-19-32-17-21-37(22-18-32,40-23-9-10-24-40)20-16-31-11-5-4-6-12-31/h4-6,11-12,27-28,32-33H,7-10,13-26H2,1-3H3. The Labute approximate surface area is 277 Å². The number of halogens is 1. The molecule has 0 spiro atoms. The van der Waals surface area contributed by atoms with Gasteiger partial charge in [0.1, 0.15) is 0 Å². The highest BCUT2D eigenvalue weighted by molar-refractivity contribution is 7.89. The molecular weight excluding hydrogens is 602 g/mol. The summed E-state index contributed by atoms with van der Waals surface area (Å²) in [6, 6.07) is 14.2. The van der Waals surface area contributed by atoms with Crippen molar-refractivity contribution in [2.75, 3.05) is 33.2 Å². The van der Waals surface area contributed by atoms with Gasteiger partial charge >= 0.3 is 0 Å². The molecular formula is C37H54ClN3O3S. The van der Waals surface area contributed by atoms with Crippen LogP contribution >= 0.6 is 11.6 Å². The number of amides is 1. The summed E-state index contributed by atoms with van der Waals surface area (Å²) in [5, 5.41) is 0.581. The van der Waals surface area contributed by atoms with Crippen molar-refractivity contribution in [3.63, 3.8) is 0 Å².